The second kappa shape index (κ2) is 6.51. The zero-order chi connectivity index (χ0) is 17.2. The van der Waals surface area contributed by atoms with E-state index in [-0.39, 0.29) is 11.9 Å². The van der Waals surface area contributed by atoms with Gasteiger partial charge in [0.25, 0.3) is 11.7 Å². The van der Waals surface area contributed by atoms with Crippen molar-refractivity contribution in [1.29, 1.82) is 0 Å². The first kappa shape index (κ1) is 15.6. The standard InChI is InChI=1S/C18H19N5O2/c1-25-16-8-3-2-6-13(16)17(24)22-11-5-4-7-14(22)15-9-10-19-18-20-12-21-23(15)18/h2-3,6,8-10,12,14H,4-5,7,11H2,1H3. The number of hydrogen-bond acceptors (Lipinski definition) is 5. The first-order valence-corrected chi connectivity index (χ1v) is 8.38. The summed E-state index contributed by atoms with van der Waals surface area (Å²) in [4.78, 5) is 23.5. The van der Waals surface area contributed by atoms with Crippen LogP contribution in [0.15, 0.2) is 42.9 Å². The van der Waals surface area contributed by atoms with Gasteiger partial charge in [-0.25, -0.2) is 4.98 Å². The molecule has 0 aliphatic carbocycles. The molecule has 3 aromatic rings. The fraction of sp³-hybridized carbons (Fsp3) is 0.333. The summed E-state index contributed by atoms with van der Waals surface area (Å²) in [5.74, 6) is 1.12. The molecular formula is C18H19N5O2. The van der Waals surface area contributed by atoms with Gasteiger partial charge in [-0.3, -0.25) is 4.79 Å². The van der Waals surface area contributed by atoms with Gasteiger partial charge in [0, 0.05) is 12.7 Å². The summed E-state index contributed by atoms with van der Waals surface area (Å²) in [7, 11) is 1.58. The highest BCUT2D eigenvalue weighted by molar-refractivity contribution is 5.97. The van der Waals surface area contributed by atoms with Crippen LogP contribution in [-0.2, 0) is 0 Å². The molecule has 1 aromatic carbocycles. The number of rotatable bonds is 3. The predicted octanol–water partition coefficient (Wildman–Crippen LogP) is 2.50. The van der Waals surface area contributed by atoms with Crippen LogP contribution in [0.25, 0.3) is 5.78 Å². The Bertz CT molecular complexity index is 907. The molecule has 7 heteroatoms. The number of hydrogen-bond donors (Lipinski definition) is 0. The van der Waals surface area contributed by atoms with Crippen LogP contribution in [0.4, 0.5) is 0 Å². The molecule has 2 aromatic heterocycles. The van der Waals surface area contributed by atoms with E-state index in [1.54, 1.807) is 17.8 Å². The zero-order valence-electron chi connectivity index (χ0n) is 14.0. The number of amides is 1. The number of carbonyl (C=O) groups excluding carboxylic acids is 1. The summed E-state index contributed by atoms with van der Waals surface area (Å²) >= 11 is 0. The molecule has 7 nitrogen and oxygen atoms in total. The molecule has 0 bridgehead atoms. The van der Waals surface area contributed by atoms with Crippen molar-refractivity contribution in [2.24, 2.45) is 0 Å². The van der Waals surface area contributed by atoms with Crippen molar-refractivity contribution in [3.8, 4) is 5.75 Å². The van der Waals surface area contributed by atoms with E-state index in [2.05, 4.69) is 15.1 Å². The van der Waals surface area contributed by atoms with Crippen LogP contribution in [0.5, 0.6) is 5.75 Å². The number of fused-ring (bicyclic) bond motifs is 1. The van der Waals surface area contributed by atoms with Crippen molar-refractivity contribution in [3.63, 3.8) is 0 Å². The predicted molar refractivity (Wildman–Crippen MR) is 91.4 cm³/mol. The third kappa shape index (κ3) is 2.71. The average molecular weight is 337 g/mol. The fourth-order valence-electron chi connectivity index (χ4n) is 3.47. The van der Waals surface area contributed by atoms with Crippen molar-refractivity contribution in [2.75, 3.05) is 13.7 Å². The van der Waals surface area contributed by atoms with E-state index < -0.39 is 0 Å². The fourth-order valence-corrected chi connectivity index (χ4v) is 3.47. The Morgan fingerprint density at radius 3 is 2.96 bits per heavy atom. The van der Waals surface area contributed by atoms with Gasteiger partial charge in [0.05, 0.1) is 24.4 Å². The third-order valence-corrected chi connectivity index (χ3v) is 4.65. The van der Waals surface area contributed by atoms with Gasteiger partial charge >= 0.3 is 0 Å². The minimum Gasteiger partial charge on any atom is -0.496 e. The van der Waals surface area contributed by atoms with Crippen LogP contribution < -0.4 is 4.74 Å². The Hall–Kier alpha value is -2.96. The van der Waals surface area contributed by atoms with Gasteiger partial charge in [-0.05, 0) is 37.5 Å². The molecule has 128 valence electrons. The van der Waals surface area contributed by atoms with Crippen LogP contribution >= 0.6 is 0 Å². The number of methoxy groups -OCH3 is 1. The second-order valence-electron chi connectivity index (χ2n) is 6.05. The zero-order valence-corrected chi connectivity index (χ0v) is 14.0. The van der Waals surface area contributed by atoms with E-state index in [4.69, 9.17) is 4.74 Å². The van der Waals surface area contributed by atoms with Crippen LogP contribution in [0, 0.1) is 0 Å². The Morgan fingerprint density at radius 2 is 2.08 bits per heavy atom. The summed E-state index contributed by atoms with van der Waals surface area (Å²) in [5, 5.41) is 4.27. The number of ether oxygens (including phenoxy) is 1. The van der Waals surface area contributed by atoms with Gasteiger partial charge in [-0.2, -0.15) is 14.6 Å². The Labute approximate surface area is 145 Å². The van der Waals surface area contributed by atoms with Gasteiger partial charge in [0.2, 0.25) is 0 Å². The number of aromatic nitrogens is 4. The molecule has 3 heterocycles. The maximum atomic E-state index is 13.2. The van der Waals surface area contributed by atoms with E-state index in [0.717, 1.165) is 25.0 Å². The summed E-state index contributed by atoms with van der Waals surface area (Å²) in [6, 6.07) is 9.21. The highest BCUT2D eigenvalue weighted by Crippen LogP contribution is 2.33. The lowest BCUT2D eigenvalue weighted by molar-refractivity contribution is 0.0600. The first-order chi connectivity index (χ1) is 12.3. The molecule has 0 radical (unpaired) electrons. The largest absolute Gasteiger partial charge is 0.496 e. The van der Waals surface area contributed by atoms with Crippen molar-refractivity contribution in [2.45, 2.75) is 25.3 Å². The summed E-state index contributed by atoms with van der Waals surface area (Å²) in [5.41, 5.74) is 1.52. The third-order valence-electron chi connectivity index (χ3n) is 4.65. The molecule has 25 heavy (non-hydrogen) atoms. The normalized spacial score (nSPS) is 17.6. The van der Waals surface area contributed by atoms with Gasteiger partial charge in [0.1, 0.15) is 12.1 Å². The Morgan fingerprint density at radius 1 is 1.20 bits per heavy atom. The number of likely N-dealkylation sites (tertiary alicyclic amines) is 1. The van der Waals surface area contributed by atoms with Crippen molar-refractivity contribution < 1.29 is 9.53 Å². The van der Waals surface area contributed by atoms with E-state index in [1.807, 2.05) is 35.2 Å². The topological polar surface area (TPSA) is 72.6 Å². The van der Waals surface area contributed by atoms with E-state index in [0.29, 0.717) is 23.6 Å². The Balaban J connectivity index is 1.74. The second-order valence-corrected chi connectivity index (χ2v) is 6.05. The smallest absolute Gasteiger partial charge is 0.258 e. The number of para-hydroxylation sites is 1. The highest BCUT2D eigenvalue weighted by Gasteiger charge is 2.31. The summed E-state index contributed by atoms with van der Waals surface area (Å²) in [6.07, 6.45) is 6.16. The maximum absolute atomic E-state index is 13.2. The molecule has 0 N–H and O–H groups in total. The average Bonchev–Trinajstić information content (AvgIpc) is 3.16. The SMILES string of the molecule is COc1ccccc1C(=O)N1CCCCC1c1ccnc2ncnn12. The lowest BCUT2D eigenvalue weighted by atomic mass is 9.97. The molecule has 0 saturated carbocycles. The molecule has 1 saturated heterocycles. The maximum Gasteiger partial charge on any atom is 0.258 e. The molecule has 1 aliphatic rings. The van der Waals surface area contributed by atoms with Crippen LogP contribution in [0.2, 0.25) is 0 Å². The van der Waals surface area contributed by atoms with Crippen LogP contribution in [-0.4, -0.2) is 44.0 Å². The number of nitrogens with zero attached hydrogens (tertiary/aromatic N) is 5. The van der Waals surface area contributed by atoms with Crippen molar-refractivity contribution in [3.05, 3.63) is 54.1 Å². The number of benzene rings is 1. The quantitative estimate of drug-likeness (QED) is 0.734. The number of carbonyl (C=O) groups is 1. The molecule has 4 rings (SSSR count). The van der Waals surface area contributed by atoms with Gasteiger partial charge < -0.3 is 9.64 Å². The van der Waals surface area contributed by atoms with Crippen molar-refractivity contribution in [1.82, 2.24) is 24.5 Å². The minimum absolute atomic E-state index is 0.0211. The molecular weight excluding hydrogens is 318 g/mol. The minimum atomic E-state index is -0.0571. The Kier molecular flexibility index (Phi) is 4.05. The van der Waals surface area contributed by atoms with Crippen molar-refractivity contribution >= 4 is 11.7 Å². The monoisotopic (exact) mass is 337 g/mol. The lowest BCUT2D eigenvalue weighted by Crippen LogP contribution is -2.39. The molecule has 1 atom stereocenters. The lowest BCUT2D eigenvalue weighted by Gasteiger charge is -2.36. The molecule has 1 amide bonds. The van der Waals surface area contributed by atoms with Crippen LogP contribution in [0.3, 0.4) is 0 Å². The summed E-state index contributed by atoms with van der Waals surface area (Å²) < 4.78 is 7.09. The molecule has 0 spiro atoms. The number of piperidine rings is 1. The van der Waals surface area contributed by atoms with Gasteiger partial charge in [-0.15, -0.1) is 0 Å². The molecule has 1 unspecified atom stereocenters. The van der Waals surface area contributed by atoms with Gasteiger partial charge in [-0.1, -0.05) is 12.1 Å². The molecule has 1 aliphatic heterocycles. The first-order valence-electron chi connectivity index (χ1n) is 8.38. The van der Waals surface area contributed by atoms with E-state index in [9.17, 15) is 4.79 Å². The van der Waals surface area contributed by atoms with E-state index in [1.165, 1.54) is 6.33 Å². The van der Waals surface area contributed by atoms with Crippen LogP contribution in [0.1, 0.15) is 41.4 Å². The highest BCUT2D eigenvalue weighted by atomic mass is 16.5. The molecule has 1 fully saturated rings. The van der Waals surface area contributed by atoms with E-state index >= 15 is 0 Å². The summed E-state index contributed by atoms with van der Waals surface area (Å²) in [6.45, 7) is 0.708. The van der Waals surface area contributed by atoms with Gasteiger partial charge in [0.15, 0.2) is 0 Å².